The normalized spacial score (nSPS) is 12.2. The molecule has 0 saturated heterocycles. The van der Waals surface area contributed by atoms with Gasteiger partial charge in [-0.15, -0.1) is 5.10 Å². The number of rotatable bonds is 5. The molecule has 0 saturated carbocycles. The van der Waals surface area contributed by atoms with Crippen LogP contribution in [0.3, 0.4) is 0 Å². The van der Waals surface area contributed by atoms with Crippen molar-refractivity contribution in [2.75, 3.05) is 5.32 Å². The van der Waals surface area contributed by atoms with Gasteiger partial charge in [0.05, 0.1) is 18.1 Å². The van der Waals surface area contributed by atoms with E-state index in [1.54, 1.807) is 37.0 Å². The van der Waals surface area contributed by atoms with Crippen LogP contribution in [0.25, 0.3) is 16.8 Å². The van der Waals surface area contributed by atoms with Crippen LogP contribution in [0, 0.1) is 13.8 Å². The van der Waals surface area contributed by atoms with Gasteiger partial charge in [-0.25, -0.2) is 19.2 Å². The zero-order valence-electron chi connectivity index (χ0n) is 17.9. The first-order valence-electron chi connectivity index (χ1n) is 9.97. The van der Waals surface area contributed by atoms with E-state index in [2.05, 4.69) is 30.5 Å². The van der Waals surface area contributed by atoms with Crippen LogP contribution in [-0.2, 0) is 17.4 Å². The van der Waals surface area contributed by atoms with Gasteiger partial charge in [0, 0.05) is 29.2 Å². The SMILES string of the molecule is Cc1nc2nc(C(F)(F)F)nn2c(C)c1CCC(=O)Nc1cnc2c(cnn2C(C)C)c1. The maximum absolute atomic E-state index is 12.9. The monoisotopic (exact) mass is 446 g/mol. The highest BCUT2D eigenvalue weighted by Crippen LogP contribution is 2.27. The topological polar surface area (TPSA) is 103 Å². The van der Waals surface area contributed by atoms with Crippen molar-refractivity contribution in [1.82, 2.24) is 34.3 Å². The number of nitrogens with one attached hydrogen (secondary N) is 1. The second-order valence-electron chi connectivity index (χ2n) is 7.77. The number of fused-ring (bicyclic) bond motifs is 2. The Balaban J connectivity index is 1.49. The third kappa shape index (κ3) is 3.99. The van der Waals surface area contributed by atoms with Gasteiger partial charge < -0.3 is 5.32 Å². The van der Waals surface area contributed by atoms with Crippen molar-refractivity contribution in [1.29, 1.82) is 0 Å². The summed E-state index contributed by atoms with van der Waals surface area (Å²) in [5.41, 5.74) is 2.90. The predicted molar refractivity (Wildman–Crippen MR) is 110 cm³/mol. The zero-order valence-corrected chi connectivity index (χ0v) is 17.9. The van der Waals surface area contributed by atoms with Crippen molar-refractivity contribution in [3.8, 4) is 0 Å². The molecule has 12 heteroatoms. The smallest absolute Gasteiger partial charge is 0.325 e. The molecule has 1 N–H and O–H groups in total. The summed E-state index contributed by atoms with van der Waals surface area (Å²) < 4.78 is 41.6. The lowest BCUT2D eigenvalue weighted by atomic mass is 10.1. The van der Waals surface area contributed by atoms with Crippen LogP contribution >= 0.6 is 0 Å². The van der Waals surface area contributed by atoms with Crippen LogP contribution in [0.15, 0.2) is 18.5 Å². The molecule has 0 aliphatic heterocycles. The average Bonchev–Trinajstić information content (AvgIpc) is 3.31. The fourth-order valence-corrected chi connectivity index (χ4v) is 3.54. The first kappa shape index (κ1) is 21.7. The van der Waals surface area contributed by atoms with Crippen molar-refractivity contribution in [3.63, 3.8) is 0 Å². The largest absolute Gasteiger partial charge is 0.453 e. The zero-order chi connectivity index (χ0) is 23.2. The highest BCUT2D eigenvalue weighted by molar-refractivity contribution is 5.92. The van der Waals surface area contributed by atoms with Crippen molar-refractivity contribution in [2.24, 2.45) is 0 Å². The molecule has 32 heavy (non-hydrogen) atoms. The Labute approximate surface area is 180 Å². The Morgan fingerprint density at radius 1 is 1.19 bits per heavy atom. The Morgan fingerprint density at radius 3 is 2.62 bits per heavy atom. The van der Waals surface area contributed by atoms with Gasteiger partial charge in [-0.2, -0.15) is 23.3 Å². The molecule has 4 heterocycles. The van der Waals surface area contributed by atoms with Crippen LogP contribution in [0.5, 0.6) is 0 Å². The Bertz CT molecular complexity index is 1320. The van der Waals surface area contributed by atoms with E-state index >= 15 is 0 Å². The van der Waals surface area contributed by atoms with Gasteiger partial charge in [0.25, 0.3) is 11.6 Å². The number of alkyl halides is 3. The Hall–Kier alpha value is -3.57. The molecule has 0 atom stereocenters. The summed E-state index contributed by atoms with van der Waals surface area (Å²) in [6, 6.07) is 1.96. The van der Waals surface area contributed by atoms with E-state index in [4.69, 9.17) is 0 Å². The predicted octanol–water partition coefficient (Wildman–Crippen LogP) is 3.66. The molecule has 168 valence electrons. The number of hydrogen-bond donors (Lipinski definition) is 1. The molecule has 0 aliphatic rings. The first-order chi connectivity index (χ1) is 15.0. The fourth-order valence-electron chi connectivity index (χ4n) is 3.54. The van der Waals surface area contributed by atoms with Crippen LogP contribution in [0.1, 0.15) is 49.1 Å². The van der Waals surface area contributed by atoms with E-state index in [0.717, 1.165) is 15.5 Å². The first-order valence-corrected chi connectivity index (χ1v) is 9.97. The highest BCUT2D eigenvalue weighted by Gasteiger charge is 2.37. The number of anilines is 1. The van der Waals surface area contributed by atoms with E-state index in [1.807, 2.05) is 13.8 Å². The summed E-state index contributed by atoms with van der Waals surface area (Å²) in [5, 5.41) is 11.4. The van der Waals surface area contributed by atoms with E-state index in [-0.39, 0.29) is 30.6 Å². The minimum atomic E-state index is -4.66. The van der Waals surface area contributed by atoms with Crippen molar-refractivity contribution < 1.29 is 18.0 Å². The quantitative estimate of drug-likeness (QED) is 0.502. The second-order valence-corrected chi connectivity index (χ2v) is 7.77. The molecular weight excluding hydrogens is 425 g/mol. The minimum absolute atomic E-state index is 0.110. The summed E-state index contributed by atoms with van der Waals surface area (Å²) in [4.78, 5) is 24.5. The summed E-state index contributed by atoms with van der Waals surface area (Å²) in [7, 11) is 0. The summed E-state index contributed by atoms with van der Waals surface area (Å²) in [5.74, 6) is -1.62. The van der Waals surface area contributed by atoms with E-state index in [1.165, 1.54) is 0 Å². The molecule has 9 nitrogen and oxygen atoms in total. The van der Waals surface area contributed by atoms with Crippen LogP contribution in [0.2, 0.25) is 0 Å². The minimum Gasteiger partial charge on any atom is -0.325 e. The molecular formula is C20H21F3N8O. The van der Waals surface area contributed by atoms with Gasteiger partial charge in [0.15, 0.2) is 5.65 Å². The lowest BCUT2D eigenvalue weighted by Crippen LogP contribution is -2.14. The summed E-state index contributed by atoms with van der Waals surface area (Å²) in [6.07, 6.45) is -1.000. The molecule has 1 amide bonds. The van der Waals surface area contributed by atoms with Crippen LogP contribution < -0.4 is 5.32 Å². The number of aryl methyl sites for hydroxylation is 2. The van der Waals surface area contributed by atoms with Gasteiger partial charge in [-0.3, -0.25) is 4.79 Å². The van der Waals surface area contributed by atoms with Crippen molar-refractivity contribution in [2.45, 2.75) is 52.8 Å². The third-order valence-corrected chi connectivity index (χ3v) is 5.11. The lowest BCUT2D eigenvalue weighted by Gasteiger charge is -2.11. The standard InChI is InChI=1S/C20H21F3N8O/c1-10(2)30-17-13(8-25-30)7-14(9-24-17)27-16(32)6-5-15-11(3)26-19-28-18(20(21,22)23)29-31(19)12(15)4/h7-10H,5-6H2,1-4H3,(H,27,32). The average molecular weight is 446 g/mol. The number of pyridine rings is 1. The molecule has 0 unspecified atom stereocenters. The number of halogens is 3. The van der Waals surface area contributed by atoms with E-state index in [9.17, 15) is 18.0 Å². The molecule has 0 fully saturated rings. The number of carbonyl (C=O) groups excluding carboxylic acids is 1. The fraction of sp³-hybridized carbons (Fsp3) is 0.400. The Kier molecular flexibility index (Phi) is 5.31. The molecule has 4 aromatic heterocycles. The van der Waals surface area contributed by atoms with Gasteiger partial charge in [-0.1, -0.05) is 0 Å². The summed E-state index contributed by atoms with van der Waals surface area (Å²) in [6.45, 7) is 7.31. The molecule has 0 spiro atoms. The van der Waals surface area contributed by atoms with Gasteiger partial charge in [-0.05, 0) is 45.7 Å². The molecule has 4 rings (SSSR count). The molecule has 0 bridgehead atoms. The third-order valence-electron chi connectivity index (χ3n) is 5.11. The van der Waals surface area contributed by atoms with Gasteiger partial charge in [0.2, 0.25) is 5.91 Å². The summed E-state index contributed by atoms with van der Waals surface area (Å²) >= 11 is 0. The molecule has 0 aromatic carbocycles. The highest BCUT2D eigenvalue weighted by atomic mass is 19.4. The second kappa shape index (κ2) is 7.84. The van der Waals surface area contributed by atoms with Gasteiger partial charge in [0.1, 0.15) is 0 Å². The van der Waals surface area contributed by atoms with E-state index < -0.39 is 12.0 Å². The molecule has 4 aromatic rings. The number of aromatic nitrogens is 7. The number of carbonyl (C=O) groups is 1. The lowest BCUT2D eigenvalue weighted by molar-refractivity contribution is -0.144. The maximum Gasteiger partial charge on any atom is 0.453 e. The Morgan fingerprint density at radius 2 is 1.94 bits per heavy atom. The van der Waals surface area contributed by atoms with Crippen molar-refractivity contribution in [3.05, 3.63) is 41.2 Å². The van der Waals surface area contributed by atoms with Gasteiger partial charge >= 0.3 is 6.18 Å². The van der Waals surface area contributed by atoms with Crippen molar-refractivity contribution >= 4 is 28.4 Å². The number of amides is 1. The van der Waals surface area contributed by atoms with E-state index in [0.29, 0.717) is 22.6 Å². The van der Waals surface area contributed by atoms with Crippen LogP contribution in [-0.4, -0.2) is 40.3 Å². The molecule has 0 aliphatic carbocycles. The van der Waals surface area contributed by atoms with Crippen LogP contribution in [0.4, 0.5) is 18.9 Å². The number of hydrogen-bond acceptors (Lipinski definition) is 6. The molecule has 0 radical (unpaired) electrons. The number of nitrogens with zero attached hydrogens (tertiary/aromatic N) is 7. The maximum atomic E-state index is 12.9.